The summed E-state index contributed by atoms with van der Waals surface area (Å²) in [4.78, 5) is 24.9. The maximum Gasteiger partial charge on any atom is 0.344 e. The van der Waals surface area contributed by atoms with Crippen LogP contribution in [0.5, 0.6) is 11.5 Å². The largest absolute Gasteiger partial charge is 0.507 e. The predicted molar refractivity (Wildman–Crippen MR) is 117 cm³/mol. The van der Waals surface area contributed by atoms with Crippen molar-refractivity contribution in [3.05, 3.63) is 71.5 Å². The minimum atomic E-state index is -2.09. The molecule has 4 rings (SSSR count). The Kier molecular flexibility index (Phi) is 5.68. The van der Waals surface area contributed by atoms with Crippen molar-refractivity contribution in [3.8, 4) is 11.5 Å². The number of aliphatic hydroxyl groups is 2. The topological polar surface area (TPSA) is 137 Å². The molecular formula is C20H10Cl4O8. The monoisotopic (exact) mass is 518 g/mol. The maximum absolute atomic E-state index is 12.7. The highest BCUT2D eigenvalue weighted by atomic mass is 35.5. The van der Waals surface area contributed by atoms with E-state index in [2.05, 4.69) is 0 Å². The second-order valence-electron chi connectivity index (χ2n) is 6.73. The van der Waals surface area contributed by atoms with Gasteiger partial charge in [0.25, 0.3) is 0 Å². The fraction of sp³-hybridized carbons (Fsp3) is 0.100. The molecular weight excluding hydrogens is 510 g/mol. The van der Waals surface area contributed by atoms with E-state index in [4.69, 9.17) is 55.6 Å². The molecule has 0 bridgehead atoms. The molecule has 2 atom stereocenters. The number of hydrogen-bond acceptors (Lipinski definition) is 7. The van der Waals surface area contributed by atoms with E-state index in [0.717, 1.165) is 0 Å². The highest BCUT2D eigenvalue weighted by Crippen LogP contribution is 2.46. The minimum Gasteiger partial charge on any atom is -0.507 e. The third kappa shape index (κ3) is 3.54. The van der Waals surface area contributed by atoms with E-state index in [9.17, 15) is 30.0 Å². The number of carboxylic acids is 1. The van der Waals surface area contributed by atoms with E-state index in [-0.39, 0.29) is 42.4 Å². The van der Waals surface area contributed by atoms with Gasteiger partial charge in [-0.3, -0.25) is 4.79 Å². The lowest BCUT2D eigenvalue weighted by Crippen LogP contribution is -2.33. The van der Waals surface area contributed by atoms with Gasteiger partial charge in [0, 0.05) is 10.0 Å². The Morgan fingerprint density at radius 3 is 2.28 bits per heavy atom. The molecule has 0 radical (unpaired) electrons. The Balaban J connectivity index is 2.04. The second kappa shape index (κ2) is 8.06. The number of aliphatic carboxylic acids is 1. The molecule has 8 nitrogen and oxygen atoms in total. The highest BCUT2D eigenvalue weighted by Gasteiger charge is 2.42. The van der Waals surface area contributed by atoms with Crippen LogP contribution in [0.1, 0.15) is 17.0 Å². The zero-order valence-electron chi connectivity index (χ0n) is 15.4. The van der Waals surface area contributed by atoms with Gasteiger partial charge in [0.05, 0.1) is 32.1 Å². The Morgan fingerprint density at radius 2 is 1.62 bits per heavy atom. The Labute approximate surface area is 198 Å². The van der Waals surface area contributed by atoms with Crippen LogP contribution in [0.4, 0.5) is 0 Å². The summed E-state index contributed by atoms with van der Waals surface area (Å²) in [5.41, 5.74) is -3.06. The SMILES string of the molecule is O=C(O)C(C1=C(O)c2cc(Cl)cc(Cl)c2OC1O)c1c(O)c2cc(Cl)cc(Cl)c2oc1=O. The van der Waals surface area contributed by atoms with E-state index >= 15 is 0 Å². The van der Waals surface area contributed by atoms with E-state index < -0.39 is 46.4 Å². The standard InChI is InChI=1S/C20H10Cl4O8/c21-5-1-7-14(25)12(19(29)31-16(7)9(23)3-5)11(18(27)28)13-15(26)8-2-6(22)4-10(24)17(8)32-20(13)30/h1-4,11,19,25-26,29H,(H,27,28). The molecule has 2 heterocycles. The van der Waals surface area contributed by atoms with Crippen LogP contribution in [0.15, 0.2) is 39.1 Å². The van der Waals surface area contributed by atoms with Gasteiger partial charge in [-0.05, 0) is 24.3 Å². The van der Waals surface area contributed by atoms with Crippen molar-refractivity contribution in [2.24, 2.45) is 0 Å². The molecule has 0 spiro atoms. The van der Waals surface area contributed by atoms with Crippen molar-refractivity contribution < 1.29 is 34.4 Å². The first-order chi connectivity index (χ1) is 15.0. The molecule has 0 saturated carbocycles. The molecule has 0 amide bonds. The summed E-state index contributed by atoms with van der Waals surface area (Å²) in [6, 6.07) is 4.99. The number of rotatable bonds is 3. The molecule has 2 unspecified atom stereocenters. The number of carbonyl (C=O) groups is 1. The maximum atomic E-state index is 12.7. The minimum absolute atomic E-state index is 0.0543. The average Bonchev–Trinajstić information content (AvgIpc) is 2.68. The lowest BCUT2D eigenvalue weighted by Gasteiger charge is -2.29. The number of hydrogen-bond donors (Lipinski definition) is 4. The zero-order valence-corrected chi connectivity index (χ0v) is 18.4. The molecule has 4 N–H and O–H groups in total. The zero-order chi connectivity index (χ0) is 23.5. The summed E-state index contributed by atoms with van der Waals surface area (Å²) in [5, 5.41) is 41.8. The van der Waals surface area contributed by atoms with Crippen LogP contribution in [0, 0.1) is 0 Å². The molecule has 2 aromatic carbocycles. The molecule has 166 valence electrons. The highest BCUT2D eigenvalue weighted by molar-refractivity contribution is 6.38. The summed E-state index contributed by atoms with van der Waals surface area (Å²) in [6.45, 7) is 0. The molecule has 1 aliphatic rings. The molecule has 0 saturated heterocycles. The third-order valence-corrected chi connectivity index (χ3v) is 5.81. The van der Waals surface area contributed by atoms with Gasteiger partial charge in [0.15, 0.2) is 11.3 Å². The summed E-state index contributed by atoms with van der Waals surface area (Å²) >= 11 is 23.9. The molecule has 1 aliphatic heterocycles. The van der Waals surface area contributed by atoms with Crippen LogP contribution in [0.25, 0.3) is 16.7 Å². The van der Waals surface area contributed by atoms with E-state index in [1.165, 1.54) is 24.3 Å². The van der Waals surface area contributed by atoms with Gasteiger partial charge in [0.1, 0.15) is 17.4 Å². The third-order valence-electron chi connectivity index (χ3n) is 4.81. The van der Waals surface area contributed by atoms with Gasteiger partial charge in [0.2, 0.25) is 6.29 Å². The Bertz CT molecular complexity index is 1390. The van der Waals surface area contributed by atoms with Gasteiger partial charge in [-0.15, -0.1) is 0 Å². The van der Waals surface area contributed by atoms with Crippen molar-refractivity contribution in [1.82, 2.24) is 0 Å². The number of benzene rings is 2. The first-order valence-electron chi connectivity index (χ1n) is 8.66. The smallest absolute Gasteiger partial charge is 0.344 e. The lowest BCUT2D eigenvalue weighted by atomic mass is 9.86. The summed E-state index contributed by atoms with van der Waals surface area (Å²) < 4.78 is 10.4. The second-order valence-corrected chi connectivity index (χ2v) is 8.41. The van der Waals surface area contributed by atoms with Crippen molar-refractivity contribution in [2.75, 3.05) is 0 Å². The molecule has 0 fully saturated rings. The normalized spacial score (nSPS) is 16.6. The van der Waals surface area contributed by atoms with Crippen LogP contribution >= 0.6 is 46.4 Å². The van der Waals surface area contributed by atoms with Crippen LogP contribution in [0.3, 0.4) is 0 Å². The van der Waals surface area contributed by atoms with Crippen molar-refractivity contribution in [2.45, 2.75) is 12.2 Å². The molecule has 12 heteroatoms. The van der Waals surface area contributed by atoms with Crippen molar-refractivity contribution in [3.63, 3.8) is 0 Å². The lowest BCUT2D eigenvalue weighted by molar-refractivity contribution is -0.139. The first kappa shape index (κ1) is 22.6. The quantitative estimate of drug-likeness (QED) is 0.356. The molecule has 32 heavy (non-hydrogen) atoms. The molecule has 0 aliphatic carbocycles. The van der Waals surface area contributed by atoms with Crippen LogP contribution in [-0.2, 0) is 4.79 Å². The number of halogens is 4. The fourth-order valence-electron chi connectivity index (χ4n) is 3.48. The number of carboxylic acid groups (broad SMARTS) is 1. The predicted octanol–water partition coefficient (Wildman–Crippen LogP) is 4.96. The fourth-order valence-corrected chi connectivity index (χ4v) is 4.55. The Hall–Kier alpha value is -2.62. The molecule has 3 aromatic rings. The van der Waals surface area contributed by atoms with E-state index in [1.807, 2.05) is 0 Å². The van der Waals surface area contributed by atoms with Crippen LogP contribution in [0.2, 0.25) is 20.1 Å². The first-order valence-corrected chi connectivity index (χ1v) is 10.2. The molecule has 1 aromatic heterocycles. The number of ether oxygens (including phenoxy) is 1. The average molecular weight is 520 g/mol. The van der Waals surface area contributed by atoms with Gasteiger partial charge >= 0.3 is 11.6 Å². The van der Waals surface area contributed by atoms with E-state index in [1.54, 1.807) is 0 Å². The van der Waals surface area contributed by atoms with Crippen LogP contribution < -0.4 is 10.4 Å². The number of aromatic hydroxyl groups is 1. The van der Waals surface area contributed by atoms with Gasteiger partial charge < -0.3 is 29.6 Å². The number of aliphatic hydroxyl groups excluding tert-OH is 2. The summed E-state index contributed by atoms with van der Waals surface area (Å²) in [6.07, 6.45) is -2.04. The summed E-state index contributed by atoms with van der Waals surface area (Å²) in [5.74, 6) is -5.51. The van der Waals surface area contributed by atoms with Crippen molar-refractivity contribution >= 4 is 69.1 Å². The van der Waals surface area contributed by atoms with Gasteiger partial charge in [-0.25, -0.2) is 4.79 Å². The number of fused-ring (bicyclic) bond motifs is 2. The van der Waals surface area contributed by atoms with Crippen molar-refractivity contribution in [1.29, 1.82) is 0 Å². The van der Waals surface area contributed by atoms with Gasteiger partial charge in [-0.1, -0.05) is 46.4 Å². The van der Waals surface area contributed by atoms with Gasteiger partial charge in [-0.2, -0.15) is 0 Å². The van der Waals surface area contributed by atoms with E-state index in [0.29, 0.717) is 0 Å². The van der Waals surface area contributed by atoms with Crippen LogP contribution in [-0.4, -0.2) is 32.7 Å². The Morgan fingerprint density at radius 1 is 1.00 bits per heavy atom. The summed E-state index contributed by atoms with van der Waals surface area (Å²) in [7, 11) is 0.